The topological polar surface area (TPSA) is 32.3 Å². The highest BCUT2D eigenvalue weighted by Crippen LogP contribution is 2.29. The average molecular weight is 200 g/mol. The molecule has 1 fully saturated rings. The minimum absolute atomic E-state index is 0. The second-order valence-corrected chi connectivity index (χ2v) is 3.21. The zero-order valence-electron chi connectivity index (χ0n) is 7.36. The van der Waals surface area contributed by atoms with Gasteiger partial charge in [-0.15, -0.1) is 12.4 Å². The molecule has 0 saturated carbocycles. The van der Waals surface area contributed by atoms with E-state index < -0.39 is 0 Å². The molecule has 0 radical (unpaired) electrons. The molecule has 0 amide bonds. The van der Waals surface area contributed by atoms with Crippen LogP contribution in [0.25, 0.3) is 0 Å². The number of hydrogen-bond acceptors (Lipinski definition) is 2. The van der Waals surface area contributed by atoms with Crippen molar-refractivity contribution in [2.24, 2.45) is 0 Å². The lowest BCUT2D eigenvalue weighted by molar-refractivity contribution is 0.457. The maximum Gasteiger partial charge on any atom is 0.120 e. The molecule has 1 atom stereocenters. The molecule has 0 aromatic heterocycles. The van der Waals surface area contributed by atoms with Crippen molar-refractivity contribution in [3.63, 3.8) is 0 Å². The fourth-order valence-corrected chi connectivity index (χ4v) is 1.73. The van der Waals surface area contributed by atoms with Crippen molar-refractivity contribution in [2.75, 3.05) is 6.54 Å². The van der Waals surface area contributed by atoms with Crippen molar-refractivity contribution in [2.45, 2.75) is 18.9 Å². The molecule has 0 unspecified atom stereocenters. The third kappa shape index (κ3) is 2.14. The number of nitrogens with one attached hydrogen (secondary N) is 1. The molecule has 0 aliphatic carbocycles. The molecular formula is C10H14ClNO. The number of aromatic hydroxyl groups is 1. The van der Waals surface area contributed by atoms with E-state index in [4.69, 9.17) is 0 Å². The van der Waals surface area contributed by atoms with E-state index in [0.717, 1.165) is 18.5 Å². The summed E-state index contributed by atoms with van der Waals surface area (Å²) in [5.74, 6) is 0.414. The Balaban J connectivity index is 0.000000845. The maximum absolute atomic E-state index is 9.53. The molecular weight excluding hydrogens is 186 g/mol. The molecule has 1 aliphatic rings. The highest BCUT2D eigenvalue weighted by molar-refractivity contribution is 5.85. The highest BCUT2D eigenvalue weighted by Gasteiger charge is 2.18. The Hall–Kier alpha value is -0.730. The fourth-order valence-electron chi connectivity index (χ4n) is 1.73. The molecule has 72 valence electrons. The second kappa shape index (κ2) is 4.49. The van der Waals surface area contributed by atoms with Crippen molar-refractivity contribution >= 4 is 12.4 Å². The van der Waals surface area contributed by atoms with Crippen LogP contribution in [0.4, 0.5) is 0 Å². The van der Waals surface area contributed by atoms with Crippen LogP contribution >= 0.6 is 12.4 Å². The standard InChI is InChI=1S/C10H13NO.ClH/c12-10-6-2-1-4-8(10)9-5-3-7-11-9;/h1-2,4,6,9,11-12H,3,5,7H2;1H/t9-;/m0./s1. The quantitative estimate of drug-likeness (QED) is 0.727. The van der Waals surface area contributed by atoms with Crippen LogP contribution in [0, 0.1) is 0 Å². The molecule has 0 spiro atoms. The maximum atomic E-state index is 9.53. The van der Waals surface area contributed by atoms with Crippen LogP contribution in [0.15, 0.2) is 24.3 Å². The van der Waals surface area contributed by atoms with Gasteiger partial charge in [-0.25, -0.2) is 0 Å². The Morgan fingerprint density at radius 2 is 2.08 bits per heavy atom. The molecule has 13 heavy (non-hydrogen) atoms. The first kappa shape index (κ1) is 10.4. The summed E-state index contributed by atoms with van der Waals surface area (Å²) in [5.41, 5.74) is 1.04. The highest BCUT2D eigenvalue weighted by atomic mass is 35.5. The van der Waals surface area contributed by atoms with E-state index in [2.05, 4.69) is 5.32 Å². The van der Waals surface area contributed by atoms with Crippen LogP contribution < -0.4 is 5.32 Å². The Morgan fingerprint density at radius 3 is 2.69 bits per heavy atom. The molecule has 1 aromatic rings. The number of rotatable bonds is 1. The van der Waals surface area contributed by atoms with E-state index in [0.29, 0.717) is 11.8 Å². The van der Waals surface area contributed by atoms with Gasteiger partial charge in [-0.05, 0) is 25.5 Å². The van der Waals surface area contributed by atoms with Crippen LogP contribution in [0.1, 0.15) is 24.4 Å². The Morgan fingerprint density at radius 1 is 1.31 bits per heavy atom. The number of para-hydroxylation sites is 1. The summed E-state index contributed by atoms with van der Waals surface area (Å²) >= 11 is 0. The minimum Gasteiger partial charge on any atom is -0.508 e. The predicted molar refractivity (Wildman–Crippen MR) is 55.3 cm³/mol. The lowest BCUT2D eigenvalue weighted by Crippen LogP contribution is -2.12. The molecule has 0 bridgehead atoms. The van der Waals surface area contributed by atoms with Crippen molar-refractivity contribution in [1.29, 1.82) is 0 Å². The Kier molecular flexibility index (Phi) is 3.58. The minimum atomic E-state index is 0. The van der Waals surface area contributed by atoms with Crippen LogP contribution in [-0.2, 0) is 0 Å². The van der Waals surface area contributed by atoms with Gasteiger partial charge in [0.15, 0.2) is 0 Å². The van der Waals surface area contributed by atoms with Crippen molar-refractivity contribution in [3.8, 4) is 5.75 Å². The number of phenols is 1. The summed E-state index contributed by atoms with van der Waals surface area (Å²) in [7, 11) is 0. The Bertz CT molecular complexity index is 271. The number of halogens is 1. The first-order valence-electron chi connectivity index (χ1n) is 4.39. The van der Waals surface area contributed by atoms with Crippen LogP contribution in [0.5, 0.6) is 5.75 Å². The van der Waals surface area contributed by atoms with Gasteiger partial charge >= 0.3 is 0 Å². The summed E-state index contributed by atoms with van der Waals surface area (Å²) in [6.07, 6.45) is 2.34. The first-order chi connectivity index (χ1) is 5.88. The van der Waals surface area contributed by atoms with E-state index in [-0.39, 0.29) is 12.4 Å². The van der Waals surface area contributed by atoms with E-state index in [9.17, 15) is 5.11 Å². The summed E-state index contributed by atoms with van der Waals surface area (Å²) < 4.78 is 0. The Labute approximate surface area is 84.4 Å². The molecule has 1 aliphatic heterocycles. The van der Waals surface area contributed by atoms with Gasteiger partial charge in [0.25, 0.3) is 0 Å². The number of hydrogen-bond donors (Lipinski definition) is 2. The number of phenolic OH excluding ortho intramolecular Hbond substituents is 1. The monoisotopic (exact) mass is 199 g/mol. The summed E-state index contributed by atoms with van der Waals surface area (Å²) in [6, 6.07) is 7.92. The third-order valence-corrected chi connectivity index (χ3v) is 2.37. The van der Waals surface area contributed by atoms with Crippen LogP contribution in [0.2, 0.25) is 0 Å². The van der Waals surface area contributed by atoms with Gasteiger partial charge in [0.2, 0.25) is 0 Å². The van der Waals surface area contributed by atoms with Gasteiger partial charge in [0.05, 0.1) is 0 Å². The smallest absolute Gasteiger partial charge is 0.120 e. The van der Waals surface area contributed by atoms with Crippen molar-refractivity contribution < 1.29 is 5.11 Å². The lowest BCUT2D eigenvalue weighted by atomic mass is 10.0. The average Bonchev–Trinajstić information content (AvgIpc) is 2.57. The fraction of sp³-hybridized carbons (Fsp3) is 0.400. The first-order valence-corrected chi connectivity index (χ1v) is 4.39. The molecule has 2 rings (SSSR count). The van der Waals surface area contributed by atoms with Gasteiger partial charge in [-0.3, -0.25) is 0 Å². The zero-order chi connectivity index (χ0) is 8.39. The summed E-state index contributed by atoms with van der Waals surface area (Å²) in [6.45, 7) is 1.07. The summed E-state index contributed by atoms with van der Waals surface area (Å²) in [5, 5.41) is 12.9. The van der Waals surface area contributed by atoms with E-state index in [1.165, 1.54) is 6.42 Å². The van der Waals surface area contributed by atoms with Gasteiger partial charge in [-0.1, -0.05) is 18.2 Å². The van der Waals surface area contributed by atoms with Gasteiger partial charge in [0, 0.05) is 11.6 Å². The molecule has 1 saturated heterocycles. The normalized spacial score (nSPS) is 21.1. The zero-order valence-corrected chi connectivity index (χ0v) is 8.18. The second-order valence-electron chi connectivity index (χ2n) is 3.21. The molecule has 1 aromatic carbocycles. The molecule has 2 nitrogen and oxygen atoms in total. The van der Waals surface area contributed by atoms with Crippen molar-refractivity contribution in [1.82, 2.24) is 5.32 Å². The largest absolute Gasteiger partial charge is 0.508 e. The predicted octanol–water partition coefficient (Wildman–Crippen LogP) is 2.24. The lowest BCUT2D eigenvalue weighted by Gasteiger charge is -2.11. The van der Waals surface area contributed by atoms with Gasteiger partial charge in [0.1, 0.15) is 5.75 Å². The summed E-state index contributed by atoms with van der Waals surface area (Å²) in [4.78, 5) is 0. The molecule has 3 heteroatoms. The third-order valence-electron chi connectivity index (χ3n) is 2.37. The number of benzene rings is 1. The van der Waals surface area contributed by atoms with E-state index in [1.807, 2.05) is 18.2 Å². The van der Waals surface area contributed by atoms with Crippen LogP contribution in [-0.4, -0.2) is 11.7 Å². The van der Waals surface area contributed by atoms with Crippen molar-refractivity contribution in [3.05, 3.63) is 29.8 Å². The van der Waals surface area contributed by atoms with E-state index in [1.54, 1.807) is 6.07 Å². The van der Waals surface area contributed by atoms with Gasteiger partial charge in [-0.2, -0.15) is 0 Å². The van der Waals surface area contributed by atoms with Gasteiger partial charge < -0.3 is 10.4 Å². The van der Waals surface area contributed by atoms with Crippen LogP contribution in [0.3, 0.4) is 0 Å². The van der Waals surface area contributed by atoms with E-state index >= 15 is 0 Å². The SMILES string of the molecule is Cl.Oc1ccccc1[C@@H]1CCCN1. The molecule has 1 heterocycles. The molecule has 2 N–H and O–H groups in total.